The summed E-state index contributed by atoms with van der Waals surface area (Å²) in [6.07, 6.45) is -4.44. The average Bonchev–Trinajstić information content (AvgIpc) is 2.64. The fourth-order valence-corrected chi connectivity index (χ4v) is 1.64. The number of nitrogens with zero attached hydrogens (tertiary/aromatic N) is 2. The first kappa shape index (κ1) is 13.3. The minimum Gasteiger partial charge on any atom is -0.487 e. The molecule has 7 heteroatoms. The van der Waals surface area contributed by atoms with Crippen molar-refractivity contribution in [3.05, 3.63) is 41.6 Å². The molecular formula is C12H12F3N3O. The normalized spacial score (nSPS) is 11.6. The van der Waals surface area contributed by atoms with Gasteiger partial charge in [-0.3, -0.25) is 4.68 Å². The summed E-state index contributed by atoms with van der Waals surface area (Å²) >= 11 is 0. The lowest BCUT2D eigenvalue weighted by atomic mass is 10.2. The number of alkyl halides is 3. The van der Waals surface area contributed by atoms with E-state index >= 15 is 0 Å². The van der Waals surface area contributed by atoms with Crippen LogP contribution < -0.4 is 10.5 Å². The molecule has 0 aliphatic heterocycles. The molecule has 0 atom stereocenters. The van der Waals surface area contributed by atoms with Crippen LogP contribution in [0.15, 0.2) is 30.3 Å². The van der Waals surface area contributed by atoms with Crippen molar-refractivity contribution in [1.82, 2.24) is 9.78 Å². The van der Waals surface area contributed by atoms with Crippen molar-refractivity contribution in [2.75, 3.05) is 5.73 Å². The molecule has 0 unspecified atom stereocenters. The van der Waals surface area contributed by atoms with Crippen LogP contribution in [-0.2, 0) is 19.8 Å². The highest BCUT2D eigenvalue weighted by Gasteiger charge is 2.34. The van der Waals surface area contributed by atoms with E-state index in [-0.39, 0.29) is 12.4 Å². The molecule has 0 radical (unpaired) electrons. The van der Waals surface area contributed by atoms with Crippen LogP contribution in [0.1, 0.15) is 11.3 Å². The molecule has 1 heterocycles. The number of aromatic nitrogens is 2. The van der Waals surface area contributed by atoms with Gasteiger partial charge in [0.05, 0.1) is 11.3 Å². The summed E-state index contributed by atoms with van der Waals surface area (Å²) in [6, 6.07) is 6.62. The van der Waals surface area contributed by atoms with E-state index in [0.717, 1.165) is 6.07 Å². The van der Waals surface area contributed by atoms with E-state index in [2.05, 4.69) is 5.10 Å². The first-order chi connectivity index (χ1) is 8.88. The molecule has 102 valence electrons. The minimum atomic E-state index is -4.44. The van der Waals surface area contributed by atoms with Crippen molar-refractivity contribution < 1.29 is 17.9 Å². The topological polar surface area (TPSA) is 53.1 Å². The summed E-state index contributed by atoms with van der Waals surface area (Å²) < 4.78 is 44.9. The Morgan fingerprint density at radius 2 is 2.00 bits per heavy atom. The standard InChI is InChI=1S/C12H12F3N3O/c1-18-8(6-11(16)17-18)7-19-10-5-3-2-4-9(10)12(13,14)15/h2-6H,7H2,1H3,(H2,16,17). The molecule has 2 rings (SSSR count). The number of hydrogen-bond acceptors (Lipinski definition) is 3. The van der Waals surface area contributed by atoms with Crippen LogP contribution in [0.3, 0.4) is 0 Å². The van der Waals surface area contributed by atoms with Gasteiger partial charge in [-0.2, -0.15) is 18.3 Å². The fourth-order valence-electron chi connectivity index (χ4n) is 1.64. The summed E-state index contributed by atoms with van der Waals surface area (Å²) in [4.78, 5) is 0. The maximum Gasteiger partial charge on any atom is 0.419 e. The van der Waals surface area contributed by atoms with Crippen molar-refractivity contribution >= 4 is 5.82 Å². The van der Waals surface area contributed by atoms with Crippen molar-refractivity contribution in [2.45, 2.75) is 12.8 Å². The maximum absolute atomic E-state index is 12.7. The smallest absolute Gasteiger partial charge is 0.419 e. The number of nitrogens with two attached hydrogens (primary N) is 1. The Morgan fingerprint density at radius 1 is 1.32 bits per heavy atom. The highest BCUT2D eigenvalue weighted by Crippen LogP contribution is 2.36. The molecular weight excluding hydrogens is 259 g/mol. The van der Waals surface area contributed by atoms with Gasteiger partial charge < -0.3 is 10.5 Å². The second-order valence-corrected chi connectivity index (χ2v) is 3.97. The number of anilines is 1. The number of nitrogen functional groups attached to an aromatic ring is 1. The SMILES string of the molecule is Cn1nc(N)cc1COc1ccccc1C(F)(F)F. The Hall–Kier alpha value is -2.18. The molecule has 0 saturated carbocycles. The van der Waals surface area contributed by atoms with Crippen LogP contribution >= 0.6 is 0 Å². The van der Waals surface area contributed by atoms with Crippen molar-refractivity contribution in [2.24, 2.45) is 7.05 Å². The summed E-state index contributed by atoms with van der Waals surface area (Å²) in [7, 11) is 1.64. The van der Waals surface area contributed by atoms with Crippen LogP contribution in [0, 0.1) is 0 Å². The molecule has 0 spiro atoms. The van der Waals surface area contributed by atoms with Crippen molar-refractivity contribution in [3.8, 4) is 5.75 Å². The van der Waals surface area contributed by atoms with Gasteiger partial charge in [-0.15, -0.1) is 0 Å². The molecule has 19 heavy (non-hydrogen) atoms. The lowest BCUT2D eigenvalue weighted by Gasteiger charge is -2.13. The Balaban J connectivity index is 2.18. The van der Waals surface area contributed by atoms with Gasteiger partial charge in [0.25, 0.3) is 0 Å². The van der Waals surface area contributed by atoms with Gasteiger partial charge in [0.1, 0.15) is 18.2 Å². The third kappa shape index (κ3) is 2.98. The number of hydrogen-bond donors (Lipinski definition) is 1. The molecule has 4 nitrogen and oxygen atoms in total. The van der Waals surface area contributed by atoms with Gasteiger partial charge in [0, 0.05) is 13.1 Å². The lowest BCUT2D eigenvalue weighted by molar-refractivity contribution is -0.139. The fraction of sp³-hybridized carbons (Fsp3) is 0.250. The number of ether oxygens (including phenoxy) is 1. The van der Waals surface area contributed by atoms with E-state index < -0.39 is 11.7 Å². The number of halogens is 3. The predicted octanol–water partition coefficient (Wildman–Crippen LogP) is 2.60. The Morgan fingerprint density at radius 3 is 2.58 bits per heavy atom. The predicted molar refractivity (Wildman–Crippen MR) is 63.4 cm³/mol. The van der Waals surface area contributed by atoms with Gasteiger partial charge in [0.15, 0.2) is 0 Å². The first-order valence-corrected chi connectivity index (χ1v) is 5.45. The van der Waals surface area contributed by atoms with Gasteiger partial charge in [-0.25, -0.2) is 0 Å². The lowest BCUT2D eigenvalue weighted by Crippen LogP contribution is -2.09. The molecule has 0 fully saturated rings. The second kappa shape index (κ2) is 4.83. The van der Waals surface area contributed by atoms with E-state index in [9.17, 15) is 13.2 Å². The minimum absolute atomic E-state index is 0.0339. The number of benzene rings is 1. The zero-order chi connectivity index (χ0) is 14.0. The van der Waals surface area contributed by atoms with Crippen LogP contribution in [0.2, 0.25) is 0 Å². The Bertz CT molecular complexity index is 578. The zero-order valence-corrected chi connectivity index (χ0v) is 10.1. The highest BCUT2D eigenvalue weighted by molar-refractivity contribution is 5.36. The van der Waals surface area contributed by atoms with E-state index in [0.29, 0.717) is 11.5 Å². The largest absolute Gasteiger partial charge is 0.487 e. The Kier molecular flexibility index (Phi) is 3.37. The van der Waals surface area contributed by atoms with E-state index in [1.54, 1.807) is 13.1 Å². The Labute approximate surface area is 107 Å². The summed E-state index contributed by atoms with van der Waals surface area (Å²) in [6.45, 7) is -0.0339. The number of rotatable bonds is 3. The number of aryl methyl sites for hydroxylation is 1. The maximum atomic E-state index is 12.7. The molecule has 1 aromatic heterocycles. The molecule has 0 aliphatic rings. The summed E-state index contributed by atoms with van der Waals surface area (Å²) in [5.74, 6) is 0.0833. The molecule has 0 amide bonds. The van der Waals surface area contributed by atoms with Crippen LogP contribution in [-0.4, -0.2) is 9.78 Å². The zero-order valence-electron chi connectivity index (χ0n) is 10.1. The van der Waals surface area contributed by atoms with E-state index in [4.69, 9.17) is 10.5 Å². The molecule has 0 saturated heterocycles. The second-order valence-electron chi connectivity index (χ2n) is 3.97. The number of para-hydroxylation sites is 1. The first-order valence-electron chi connectivity index (χ1n) is 5.45. The quantitative estimate of drug-likeness (QED) is 0.933. The van der Waals surface area contributed by atoms with Gasteiger partial charge in [-0.1, -0.05) is 12.1 Å². The summed E-state index contributed by atoms with van der Waals surface area (Å²) in [5, 5.41) is 3.89. The van der Waals surface area contributed by atoms with Crippen LogP contribution in [0.5, 0.6) is 5.75 Å². The van der Waals surface area contributed by atoms with Crippen LogP contribution in [0.4, 0.5) is 19.0 Å². The van der Waals surface area contributed by atoms with Crippen molar-refractivity contribution in [3.63, 3.8) is 0 Å². The van der Waals surface area contributed by atoms with Gasteiger partial charge >= 0.3 is 6.18 Å². The molecule has 1 aromatic carbocycles. The molecule has 2 N–H and O–H groups in total. The van der Waals surface area contributed by atoms with Crippen molar-refractivity contribution in [1.29, 1.82) is 0 Å². The van der Waals surface area contributed by atoms with Gasteiger partial charge in [0.2, 0.25) is 0 Å². The monoisotopic (exact) mass is 271 g/mol. The van der Waals surface area contributed by atoms with Gasteiger partial charge in [-0.05, 0) is 12.1 Å². The third-order valence-electron chi connectivity index (χ3n) is 2.56. The molecule has 0 aliphatic carbocycles. The third-order valence-corrected chi connectivity index (χ3v) is 2.56. The van der Waals surface area contributed by atoms with E-state index in [1.807, 2.05) is 0 Å². The van der Waals surface area contributed by atoms with E-state index in [1.165, 1.54) is 22.9 Å². The molecule has 2 aromatic rings. The highest BCUT2D eigenvalue weighted by atomic mass is 19.4. The van der Waals surface area contributed by atoms with Crippen LogP contribution in [0.25, 0.3) is 0 Å². The average molecular weight is 271 g/mol. The summed E-state index contributed by atoms with van der Waals surface area (Å²) in [5.41, 5.74) is 5.27. The molecule has 0 bridgehead atoms.